The highest BCUT2D eigenvalue weighted by atomic mass is 15.3. The van der Waals surface area contributed by atoms with Crippen molar-refractivity contribution in [1.29, 1.82) is 0 Å². The van der Waals surface area contributed by atoms with Crippen LogP contribution < -0.4 is 5.32 Å². The van der Waals surface area contributed by atoms with Gasteiger partial charge in [0.15, 0.2) is 0 Å². The molecule has 0 aromatic carbocycles. The van der Waals surface area contributed by atoms with Gasteiger partial charge in [0.1, 0.15) is 0 Å². The maximum Gasteiger partial charge on any atom is 0.0624 e. The van der Waals surface area contributed by atoms with Gasteiger partial charge in [-0.15, -0.1) is 0 Å². The zero-order valence-corrected chi connectivity index (χ0v) is 14.7. The van der Waals surface area contributed by atoms with Crippen molar-refractivity contribution >= 4 is 0 Å². The zero-order valence-electron chi connectivity index (χ0n) is 14.7. The molecule has 0 aliphatic rings. The predicted molar refractivity (Wildman–Crippen MR) is 87.0 cm³/mol. The van der Waals surface area contributed by atoms with Gasteiger partial charge in [-0.3, -0.25) is 4.68 Å². The fourth-order valence-corrected chi connectivity index (χ4v) is 2.30. The van der Waals surface area contributed by atoms with Gasteiger partial charge >= 0.3 is 0 Å². The summed E-state index contributed by atoms with van der Waals surface area (Å²) in [5.74, 6) is 0.599. The van der Waals surface area contributed by atoms with Gasteiger partial charge in [0.05, 0.1) is 5.69 Å². The normalized spacial score (nSPS) is 14.6. The Morgan fingerprint density at radius 2 is 1.80 bits per heavy atom. The second-order valence-electron chi connectivity index (χ2n) is 8.00. The summed E-state index contributed by atoms with van der Waals surface area (Å²) in [4.78, 5) is 0. The molecule has 0 aliphatic heterocycles. The Balaban J connectivity index is 2.81. The maximum atomic E-state index is 4.57. The van der Waals surface area contributed by atoms with Gasteiger partial charge in [0, 0.05) is 18.3 Å². The first kappa shape index (κ1) is 17.2. The number of hydrogen-bond acceptors (Lipinski definition) is 2. The molecule has 0 amide bonds. The number of nitrogens with zero attached hydrogens (tertiary/aromatic N) is 2. The lowest BCUT2D eigenvalue weighted by Gasteiger charge is -2.34. The lowest BCUT2D eigenvalue weighted by Crippen LogP contribution is -2.43. The molecular weight excluding hydrogens is 246 g/mol. The molecule has 0 saturated carbocycles. The van der Waals surface area contributed by atoms with Crippen molar-refractivity contribution in [3.8, 4) is 0 Å². The highest BCUT2D eigenvalue weighted by Crippen LogP contribution is 2.29. The number of aryl methyl sites for hydroxylation is 2. The van der Waals surface area contributed by atoms with Crippen LogP contribution in [0, 0.1) is 11.3 Å². The van der Waals surface area contributed by atoms with Crippen LogP contribution in [0.25, 0.3) is 0 Å². The minimum Gasteiger partial charge on any atom is -0.312 e. The standard InChI is InChI=1S/C17H33N3/c1-9-14-11-15(20(8)19-14)10-13(16(2,3)4)12-18-17(5,6)7/h11,13,18H,9-10,12H2,1-8H3. The van der Waals surface area contributed by atoms with Crippen LogP contribution in [0.5, 0.6) is 0 Å². The first-order valence-electron chi connectivity index (χ1n) is 7.79. The van der Waals surface area contributed by atoms with Gasteiger partial charge < -0.3 is 5.32 Å². The van der Waals surface area contributed by atoms with Crippen LogP contribution in [-0.2, 0) is 19.9 Å². The molecule has 116 valence electrons. The van der Waals surface area contributed by atoms with Gasteiger partial charge in [-0.2, -0.15) is 5.10 Å². The molecule has 3 heteroatoms. The molecule has 0 bridgehead atoms. The SMILES string of the molecule is CCc1cc(CC(CNC(C)(C)C)C(C)(C)C)n(C)n1. The van der Waals surface area contributed by atoms with E-state index in [2.05, 4.69) is 76.7 Å². The smallest absolute Gasteiger partial charge is 0.0624 e. The Morgan fingerprint density at radius 1 is 1.20 bits per heavy atom. The Kier molecular flexibility index (Phi) is 5.42. The lowest BCUT2D eigenvalue weighted by molar-refractivity contribution is 0.211. The second-order valence-corrected chi connectivity index (χ2v) is 8.00. The van der Waals surface area contributed by atoms with Crippen molar-refractivity contribution in [3.63, 3.8) is 0 Å². The molecule has 0 radical (unpaired) electrons. The highest BCUT2D eigenvalue weighted by molar-refractivity contribution is 5.11. The van der Waals surface area contributed by atoms with Crippen molar-refractivity contribution in [2.24, 2.45) is 18.4 Å². The van der Waals surface area contributed by atoms with Crippen molar-refractivity contribution < 1.29 is 0 Å². The van der Waals surface area contributed by atoms with E-state index >= 15 is 0 Å². The molecule has 3 nitrogen and oxygen atoms in total. The Labute approximate surface area is 125 Å². The minimum atomic E-state index is 0.171. The van der Waals surface area contributed by atoms with Crippen LogP contribution in [0.1, 0.15) is 59.9 Å². The zero-order chi connectivity index (χ0) is 15.6. The van der Waals surface area contributed by atoms with Crippen LogP contribution >= 0.6 is 0 Å². The van der Waals surface area contributed by atoms with E-state index in [1.807, 2.05) is 0 Å². The Morgan fingerprint density at radius 3 is 2.20 bits per heavy atom. The molecule has 0 saturated heterocycles. The van der Waals surface area contributed by atoms with Gasteiger partial charge in [-0.1, -0.05) is 27.7 Å². The molecule has 1 unspecified atom stereocenters. The van der Waals surface area contributed by atoms with E-state index in [4.69, 9.17) is 0 Å². The predicted octanol–water partition coefficient (Wildman–Crippen LogP) is 3.58. The molecule has 1 rings (SSSR count). The first-order valence-corrected chi connectivity index (χ1v) is 7.79. The van der Waals surface area contributed by atoms with Crippen molar-refractivity contribution in [2.45, 2.75) is 66.8 Å². The molecule has 1 aromatic heterocycles. The maximum absolute atomic E-state index is 4.57. The number of hydrogen-bond donors (Lipinski definition) is 1. The molecule has 0 fully saturated rings. The largest absolute Gasteiger partial charge is 0.312 e. The van der Waals surface area contributed by atoms with Gasteiger partial charge in [-0.25, -0.2) is 0 Å². The minimum absolute atomic E-state index is 0.171. The summed E-state index contributed by atoms with van der Waals surface area (Å²) in [6, 6.07) is 2.26. The van der Waals surface area contributed by atoms with Crippen LogP contribution in [0.3, 0.4) is 0 Å². The Hall–Kier alpha value is -0.830. The summed E-state index contributed by atoms with van der Waals surface area (Å²) < 4.78 is 2.05. The van der Waals surface area contributed by atoms with Crippen LogP contribution in [0.2, 0.25) is 0 Å². The van der Waals surface area contributed by atoms with Crippen LogP contribution in [0.4, 0.5) is 0 Å². The van der Waals surface area contributed by atoms with E-state index < -0.39 is 0 Å². The van der Waals surface area contributed by atoms with E-state index in [0.29, 0.717) is 5.92 Å². The van der Waals surface area contributed by atoms with Crippen LogP contribution in [0.15, 0.2) is 6.07 Å². The number of rotatable bonds is 5. The van der Waals surface area contributed by atoms with Crippen molar-refractivity contribution in [3.05, 3.63) is 17.5 Å². The van der Waals surface area contributed by atoms with E-state index in [-0.39, 0.29) is 11.0 Å². The molecule has 1 aromatic rings. The topological polar surface area (TPSA) is 29.9 Å². The van der Waals surface area contributed by atoms with E-state index in [1.54, 1.807) is 0 Å². The summed E-state index contributed by atoms with van der Waals surface area (Å²) in [7, 11) is 2.06. The molecule has 1 atom stereocenters. The average molecular weight is 279 g/mol. The highest BCUT2D eigenvalue weighted by Gasteiger charge is 2.27. The summed E-state index contributed by atoms with van der Waals surface area (Å²) in [5.41, 5.74) is 3.00. The third-order valence-corrected chi connectivity index (χ3v) is 3.95. The Bertz CT molecular complexity index is 418. The summed E-state index contributed by atoms with van der Waals surface area (Å²) in [6.07, 6.45) is 2.09. The van der Waals surface area contributed by atoms with E-state index in [1.165, 1.54) is 11.4 Å². The third-order valence-electron chi connectivity index (χ3n) is 3.95. The molecule has 0 aliphatic carbocycles. The van der Waals surface area contributed by atoms with Gasteiger partial charge in [-0.05, 0) is 57.6 Å². The molecule has 0 spiro atoms. The first-order chi connectivity index (χ1) is 9.03. The fourth-order valence-electron chi connectivity index (χ4n) is 2.30. The number of aromatic nitrogens is 2. The molecule has 20 heavy (non-hydrogen) atoms. The third kappa shape index (κ3) is 5.28. The average Bonchev–Trinajstić information content (AvgIpc) is 2.62. The summed E-state index contributed by atoms with van der Waals surface area (Å²) in [6.45, 7) is 16.9. The molecule has 1 heterocycles. The lowest BCUT2D eigenvalue weighted by atomic mass is 9.77. The number of nitrogens with one attached hydrogen (secondary N) is 1. The summed E-state index contributed by atoms with van der Waals surface area (Å²) >= 11 is 0. The van der Waals surface area contributed by atoms with Crippen molar-refractivity contribution in [2.75, 3.05) is 6.54 Å². The quantitative estimate of drug-likeness (QED) is 0.893. The van der Waals surface area contributed by atoms with Crippen LogP contribution in [-0.4, -0.2) is 21.9 Å². The fraction of sp³-hybridized carbons (Fsp3) is 0.824. The second kappa shape index (κ2) is 6.30. The van der Waals surface area contributed by atoms with E-state index in [0.717, 1.165) is 19.4 Å². The van der Waals surface area contributed by atoms with E-state index in [9.17, 15) is 0 Å². The molecular formula is C17H33N3. The summed E-state index contributed by atoms with van der Waals surface area (Å²) in [5, 5.41) is 8.23. The van der Waals surface area contributed by atoms with Crippen molar-refractivity contribution in [1.82, 2.24) is 15.1 Å². The monoisotopic (exact) mass is 279 g/mol. The van der Waals surface area contributed by atoms with Gasteiger partial charge in [0.2, 0.25) is 0 Å². The molecule has 1 N–H and O–H groups in total. The van der Waals surface area contributed by atoms with Gasteiger partial charge in [0.25, 0.3) is 0 Å².